The van der Waals surface area contributed by atoms with E-state index in [9.17, 15) is 14.4 Å². The smallest absolute Gasteiger partial charge is 0.261 e. The molecule has 0 unspecified atom stereocenters. The number of rotatable bonds is 3. The van der Waals surface area contributed by atoms with Crippen LogP contribution in [0.4, 0.5) is 11.4 Å². The lowest BCUT2D eigenvalue weighted by Gasteiger charge is -2.20. The van der Waals surface area contributed by atoms with Crippen molar-refractivity contribution in [3.8, 4) is 0 Å². The Bertz CT molecular complexity index is 961. The zero-order valence-corrected chi connectivity index (χ0v) is 15.4. The Balaban J connectivity index is 1.54. The molecular weight excluding hydrogens is 342 g/mol. The zero-order valence-electron chi connectivity index (χ0n) is 15.4. The van der Waals surface area contributed by atoms with Crippen molar-refractivity contribution in [2.75, 3.05) is 30.4 Å². The van der Waals surface area contributed by atoms with Crippen LogP contribution in [0.5, 0.6) is 0 Å². The second-order valence-electron chi connectivity index (χ2n) is 7.08. The molecule has 0 saturated carbocycles. The minimum atomic E-state index is -0.379. The van der Waals surface area contributed by atoms with Gasteiger partial charge in [-0.25, -0.2) is 0 Å². The van der Waals surface area contributed by atoms with Gasteiger partial charge in [-0.05, 0) is 61.7 Å². The molecule has 1 saturated heterocycles. The van der Waals surface area contributed by atoms with E-state index in [2.05, 4.69) is 10.2 Å². The molecule has 3 amide bonds. The van der Waals surface area contributed by atoms with Crippen molar-refractivity contribution in [2.45, 2.75) is 19.8 Å². The summed E-state index contributed by atoms with van der Waals surface area (Å²) in [6, 6.07) is 10.5. The highest BCUT2D eigenvalue weighted by Gasteiger charge is 2.33. The molecule has 0 bridgehead atoms. The summed E-state index contributed by atoms with van der Waals surface area (Å²) in [4.78, 5) is 40.1. The van der Waals surface area contributed by atoms with Gasteiger partial charge in [-0.3, -0.25) is 19.3 Å². The predicted molar refractivity (Wildman–Crippen MR) is 103 cm³/mol. The van der Waals surface area contributed by atoms with Gasteiger partial charge in [0.15, 0.2) is 0 Å². The van der Waals surface area contributed by atoms with Gasteiger partial charge >= 0.3 is 0 Å². The van der Waals surface area contributed by atoms with Crippen molar-refractivity contribution in [3.63, 3.8) is 0 Å². The molecule has 2 aliphatic heterocycles. The van der Waals surface area contributed by atoms with E-state index < -0.39 is 0 Å². The summed E-state index contributed by atoms with van der Waals surface area (Å²) >= 11 is 0. The largest absolute Gasteiger partial charge is 0.371 e. The van der Waals surface area contributed by atoms with Crippen molar-refractivity contribution in [2.24, 2.45) is 0 Å². The number of carbonyl (C=O) groups excluding carboxylic acids is 3. The van der Waals surface area contributed by atoms with E-state index in [1.54, 1.807) is 6.07 Å². The first-order valence-corrected chi connectivity index (χ1v) is 9.09. The maximum Gasteiger partial charge on any atom is 0.261 e. The summed E-state index contributed by atoms with van der Waals surface area (Å²) in [7, 11) is 1.44. The third-order valence-corrected chi connectivity index (χ3v) is 5.25. The van der Waals surface area contributed by atoms with Gasteiger partial charge in [-0.2, -0.15) is 0 Å². The SMILES string of the molecule is Cc1cc(NC(=O)c2ccc3c(c2)C(=O)N(C)C3=O)ccc1N1CCCC1. The van der Waals surface area contributed by atoms with E-state index in [0.29, 0.717) is 16.8 Å². The quantitative estimate of drug-likeness (QED) is 0.851. The molecule has 0 spiro atoms. The number of fused-ring (bicyclic) bond motifs is 1. The normalized spacial score (nSPS) is 16.1. The molecule has 0 radical (unpaired) electrons. The summed E-state index contributed by atoms with van der Waals surface area (Å²) in [5.74, 6) is -1.02. The molecule has 2 aromatic rings. The first-order chi connectivity index (χ1) is 13.0. The van der Waals surface area contributed by atoms with Crippen LogP contribution in [0.3, 0.4) is 0 Å². The second kappa shape index (κ2) is 6.54. The molecule has 0 atom stereocenters. The van der Waals surface area contributed by atoms with E-state index in [1.807, 2.05) is 25.1 Å². The molecule has 6 nitrogen and oxygen atoms in total. The van der Waals surface area contributed by atoms with Gasteiger partial charge in [0.05, 0.1) is 11.1 Å². The van der Waals surface area contributed by atoms with Gasteiger partial charge in [-0.1, -0.05) is 0 Å². The highest BCUT2D eigenvalue weighted by Crippen LogP contribution is 2.27. The van der Waals surface area contributed by atoms with Gasteiger partial charge in [0, 0.05) is 37.1 Å². The average Bonchev–Trinajstić information content (AvgIpc) is 3.26. The van der Waals surface area contributed by atoms with E-state index in [0.717, 1.165) is 23.6 Å². The summed E-state index contributed by atoms with van der Waals surface area (Å²) < 4.78 is 0. The Morgan fingerprint density at radius 3 is 2.37 bits per heavy atom. The van der Waals surface area contributed by atoms with E-state index in [-0.39, 0.29) is 23.3 Å². The molecular formula is C21H21N3O3. The third-order valence-electron chi connectivity index (χ3n) is 5.25. The number of aryl methyl sites for hydroxylation is 1. The monoisotopic (exact) mass is 363 g/mol. The Hall–Kier alpha value is -3.15. The number of hydrogen-bond donors (Lipinski definition) is 1. The van der Waals surface area contributed by atoms with Gasteiger partial charge in [-0.15, -0.1) is 0 Å². The molecule has 138 valence electrons. The van der Waals surface area contributed by atoms with Crippen LogP contribution in [0.2, 0.25) is 0 Å². The van der Waals surface area contributed by atoms with E-state index in [1.165, 1.54) is 37.7 Å². The molecule has 2 heterocycles. The Morgan fingerprint density at radius 2 is 1.67 bits per heavy atom. The number of anilines is 2. The number of hydrogen-bond acceptors (Lipinski definition) is 4. The molecule has 2 aliphatic rings. The third kappa shape index (κ3) is 2.97. The predicted octanol–water partition coefficient (Wildman–Crippen LogP) is 3.07. The van der Waals surface area contributed by atoms with Gasteiger partial charge in [0.1, 0.15) is 0 Å². The van der Waals surface area contributed by atoms with Crippen LogP contribution in [-0.4, -0.2) is 42.8 Å². The van der Waals surface area contributed by atoms with Crippen molar-refractivity contribution in [3.05, 3.63) is 58.7 Å². The van der Waals surface area contributed by atoms with Crippen LogP contribution in [0.25, 0.3) is 0 Å². The van der Waals surface area contributed by atoms with Crippen LogP contribution < -0.4 is 10.2 Å². The highest BCUT2D eigenvalue weighted by molar-refractivity contribution is 6.22. The minimum absolute atomic E-state index is 0.274. The molecule has 1 N–H and O–H groups in total. The lowest BCUT2D eigenvalue weighted by Crippen LogP contribution is -2.24. The first kappa shape index (κ1) is 17.3. The zero-order chi connectivity index (χ0) is 19.1. The average molecular weight is 363 g/mol. The lowest BCUT2D eigenvalue weighted by atomic mass is 10.0. The minimum Gasteiger partial charge on any atom is -0.371 e. The van der Waals surface area contributed by atoms with Crippen LogP contribution in [0.1, 0.15) is 49.5 Å². The lowest BCUT2D eigenvalue weighted by molar-refractivity contribution is 0.0693. The fourth-order valence-electron chi connectivity index (χ4n) is 3.75. The summed E-state index contributed by atoms with van der Waals surface area (Å²) in [5, 5.41) is 2.88. The topological polar surface area (TPSA) is 69.7 Å². The summed E-state index contributed by atoms with van der Waals surface area (Å²) in [5.41, 5.74) is 3.99. The number of nitrogens with one attached hydrogen (secondary N) is 1. The molecule has 6 heteroatoms. The van der Waals surface area contributed by atoms with Gasteiger partial charge in [0.2, 0.25) is 0 Å². The van der Waals surface area contributed by atoms with Gasteiger partial charge < -0.3 is 10.2 Å². The fourth-order valence-corrected chi connectivity index (χ4v) is 3.75. The molecule has 4 rings (SSSR count). The number of amides is 3. The van der Waals surface area contributed by atoms with Crippen molar-refractivity contribution < 1.29 is 14.4 Å². The van der Waals surface area contributed by atoms with Gasteiger partial charge in [0.25, 0.3) is 17.7 Å². The number of carbonyl (C=O) groups is 3. The van der Waals surface area contributed by atoms with Crippen LogP contribution in [-0.2, 0) is 0 Å². The van der Waals surface area contributed by atoms with Crippen LogP contribution in [0.15, 0.2) is 36.4 Å². The summed E-state index contributed by atoms with van der Waals surface area (Å²) in [6.07, 6.45) is 2.43. The van der Waals surface area contributed by atoms with E-state index >= 15 is 0 Å². The Morgan fingerprint density at radius 1 is 0.963 bits per heavy atom. The first-order valence-electron chi connectivity index (χ1n) is 9.09. The molecule has 1 fully saturated rings. The molecule has 0 aromatic heterocycles. The highest BCUT2D eigenvalue weighted by atomic mass is 16.2. The maximum absolute atomic E-state index is 12.6. The number of nitrogens with zero attached hydrogens (tertiary/aromatic N) is 2. The van der Waals surface area contributed by atoms with Crippen molar-refractivity contribution >= 4 is 29.1 Å². The van der Waals surface area contributed by atoms with Crippen molar-refractivity contribution in [1.82, 2.24) is 4.90 Å². The number of imide groups is 1. The molecule has 2 aromatic carbocycles. The van der Waals surface area contributed by atoms with E-state index in [4.69, 9.17) is 0 Å². The summed E-state index contributed by atoms with van der Waals surface area (Å²) in [6.45, 7) is 4.19. The Kier molecular flexibility index (Phi) is 4.18. The Labute approximate surface area is 157 Å². The van der Waals surface area contributed by atoms with Crippen LogP contribution in [0, 0.1) is 6.92 Å². The molecule has 0 aliphatic carbocycles. The number of benzene rings is 2. The second-order valence-corrected chi connectivity index (χ2v) is 7.08. The molecule has 27 heavy (non-hydrogen) atoms. The maximum atomic E-state index is 12.6. The fraction of sp³-hybridized carbons (Fsp3) is 0.286. The standard InChI is InChI=1S/C21H21N3O3/c1-13-11-15(6-8-18(13)24-9-3-4-10-24)22-19(25)14-5-7-16-17(12-14)21(27)23(2)20(16)26/h5-8,11-12H,3-4,9-10H2,1-2H3,(H,22,25). The van der Waals surface area contributed by atoms with Crippen molar-refractivity contribution in [1.29, 1.82) is 0 Å². The van der Waals surface area contributed by atoms with Crippen LogP contribution >= 0.6 is 0 Å².